The lowest BCUT2D eigenvalue weighted by Gasteiger charge is -2.47. The number of fused-ring (bicyclic) bond motifs is 1. The number of aromatic nitrogens is 2. The summed E-state index contributed by atoms with van der Waals surface area (Å²) in [5.74, 6) is -0.829. The summed E-state index contributed by atoms with van der Waals surface area (Å²) in [5, 5.41) is -0.616. The number of nitrogens with one attached hydrogen (secondary N) is 1. The average molecular weight is 407 g/mol. The van der Waals surface area contributed by atoms with Crippen molar-refractivity contribution in [2.75, 3.05) is 7.05 Å². The molecular formula is C18H25N5O4S. The Bertz CT molecular complexity index is 886. The van der Waals surface area contributed by atoms with Gasteiger partial charge in [-0.2, -0.15) is 0 Å². The third-order valence-electron chi connectivity index (χ3n) is 6.12. The van der Waals surface area contributed by atoms with Crippen LogP contribution in [0.15, 0.2) is 18.6 Å². The molecule has 2 aliphatic carbocycles. The molecule has 0 bridgehead atoms. The fourth-order valence-electron chi connectivity index (χ4n) is 4.20. The summed E-state index contributed by atoms with van der Waals surface area (Å²) < 4.78 is 28.4. The molecule has 2 saturated carbocycles. The number of hydrogen-bond donors (Lipinski definition) is 1. The molecule has 3 aliphatic rings. The Balaban J connectivity index is 1.55. The number of imide groups is 1. The molecule has 2 heterocycles. The van der Waals surface area contributed by atoms with Crippen LogP contribution < -0.4 is 4.72 Å². The smallest absolute Gasteiger partial charge is 0.315 e. The summed E-state index contributed by atoms with van der Waals surface area (Å²) in [7, 11) is -2.06. The number of carbonyl (C=O) groups excluding carboxylic acids is 2. The number of rotatable bonds is 5. The van der Waals surface area contributed by atoms with Gasteiger partial charge in [0, 0.05) is 31.0 Å². The summed E-state index contributed by atoms with van der Waals surface area (Å²) in [6.07, 6.45) is 7.51. The van der Waals surface area contributed by atoms with Gasteiger partial charge in [-0.05, 0) is 39.0 Å². The van der Waals surface area contributed by atoms with E-state index in [4.69, 9.17) is 0 Å². The standard InChI is InChI=1S/C18H25N5O4S/c1-18(5-6-18)21-28(26,27)13-3-4-15-14(9-13)16(24)22(2)17(25)23(15)11-12-10-19-7-8-20-12/h7-8,10,13-15,21H,3-6,9,11H2,1-2H3. The highest BCUT2D eigenvalue weighted by molar-refractivity contribution is 7.90. The van der Waals surface area contributed by atoms with E-state index in [2.05, 4.69) is 14.7 Å². The van der Waals surface area contributed by atoms with Gasteiger partial charge in [0.15, 0.2) is 0 Å². The molecule has 3 atom stereocenters. The lowest BCUT2D eigenvalue weighted by Crippen LogP contribution is -2.62. The quantitative estimate of drug-likeness (QED) is 0.775. The first kappa shape index (κ1) is 19.3. The van der Waals surface area contributed by atoms with Crippen LogP contribution in [0.5, 0.6) is 0 Å². The maximum atomic E-state index is 12.8. The van der Waals surface area contributed by atoms with E-state index in [9.17, 15) is 18.0 Å². The van der Waals surface area contributed by atoms with Crippen LogP contribution >= 0.6 is 0 Å². The Morgan fingerprint density at radius 1 is 1.25 bits per heavy atom. The van der Waals surface area contributed by atoms with E-state index < -0.39 is 21.2 Å². The summed E-state index contributed by atoms with van der Waals surface area (Å²) >= 11 is 0. The van der Waals surface area contributed by atoms with Crippen molar-refractivity contribution in [3.63, 3.8) is 0 Å². The number of nitrogens with zero attached hydrogens (tertiary/aromatic N) is 4. The van der Waals surface area contributed by atoms with Crippen molar-refractivity contribution in [1.82, 2.24) is 24.5 Å². The lowest BCUT2D eigenvalue weighted by molar-refractivity contribution is -0.139. The van der Waals surface area contributed by atoms with Crippen LogP contribution in [0.1, 0.15) is 44.7 Å². The number of amides is 3. The van der Waals surface area contributed by atoms with Crippen LogP contribution in [-0.4, -0.2) is 64.0 Å². The van der Waals surface area contributed by atoms with Crippen molar-refractivity contribution in [2.45, 2.75) is 62.4 Å². The molecule has 1 aromatic rings. The molecule has 3 amide bonds. The molecule has 9 nitrogen and oxygen atoms in total. The first-order valence-corrected chi connectivity index (χ1v) is 11.1. The average Bonchev–Trinajstić information content (AvgIpc) is 3.39. The molecule has 0 aromatic carbocycles. The fourth-order valence-corrected chi connectivity index (χ4v) is 6.17. The van der Waals surface area contributed by atoms with Crippen LogP contribution in [0.4, 0.5) is 4.79 Å². The van der Waals surface area contributed by atoms with Crippen molar-refractivity contribution in [2.24, 2.45) is 5.92 Å². The molecule has 10 heteroatoms. The Kier molecular flexibility index (Phi) is 4.65. The van der Waals surface area contributed by atoms with E-state index in [1.165, 1.54) is 7.05 Å². The maximum absolute atomic E-state index is 12.8. The first-order chi connectivity index (χ1) is 13.2. The molecule has 0 spiro atoms. The summed E-state index contributed by atoms with van der Waals surface area (Å²) in [6, 6.07) is -0.692. The molecule has 152 valence electrons. The van der Waals surface area contributed by atoms with Gasteiger partial charge < -0.3 is 4.90 Å². The van der Waals surface area contributed by atoms with Gasteiger partial charge in [-0.15, -0.1) is 0 Å². The van der Waals surface area contributed by atoms with E-state index in [0.29, 0.717) is 18.5 Å². The van der Waals surface area contributed by atoms with Crippen LogP contribution in [0.2, 0.25) is 0 Å². The minimum atomic E-state index is -3.51. The van der Waals surface area contributed by atoms with Gasteiger partial charge in [0.25, 0.3) is 0 Å². The van der Waals surface area contributed by atoms with E-state index >= 15 is 0 Å². The molecule has 1 aliphatic heterocycles. The van der Waals surface area contributed by atoms with Crippen molar-refractivity contribution >= 4 is 22.0 Å². The van der Waals surface area contributed by atoms with E-state index in [-0.39, 0.29) is 36.5 Å². The third-order valence-corrected chi connectivity index (χ3v) is 8.21. The maximum Gasteiger partial charge on any atom is 0.327 e. The Labute approximate surface area is 164 Å². The molecule has 4 rings (SSSR count). The van der Waals surface area contributed by atoms with Crippen molar-refractivity contribution in [1.29, 1.82) is 0 Å². The molecule has 1 aromatic heterocycles. The number of hydrogen-bond acceptors (Lipinski definition) is 6. The highest BCUT2D eigenvalue weighted by Gasteiger charge is 2.51. The Hall–Kier alpha value is -2.07. The Morgan fingerprint density at radius 3 is 2.64 bits per heavy atom. The monoisotopic (exact) mass is 407 g/mol. The Morgan fingerprint density at radius 2 is 2.00 bits per heavy atom. The van der Waals surface area contributed by atoms with Crippen LogP contribution in [-0.2, 0) is 21.4 Å². The van der Waals surface area contributed by atoms with Gasteiger partial charge in [0.2, 0.25) is 15.9 Å². The molecule has 0 radical (unpaired) electrons. The molecule has 28 heavy (non-hydrogen) atoms. The lowest BCUT2D eigenvalue weighted by atomic mass is 9.81. The highest BCUT2D eigenvalue weighted by Crippen LogP contribution is 2.40. The SMILES string of the molecule is CN1C(=O)C2CC(S(=O)(=O)NC3(C)CC3)CCC2N(Cc2cnccn2)C1=O. The second kappa shape index (κ2) is 6.77. The van der Waals surface area contributed by atoms with E-state index in [0.717, 1.165) is 17.7 Å². The molecule has 1 N–H and O–H groups in total. The van der Waals surface area contributed by atoms with Gasteiger partial charge in [-0.3, -0.25) is 19.7 Å². The van der Waals surface area contributed by atoms with Crippen LogP contribution in [0, 0.1) is 5.92 Å². The largest absolute Gasteiger partial charge is 0.327 e. The number of sulfonamides is 1. The molecule has 1 saturated heterocycles. The molecule has 3 fully saturated rings. The number of urea groups is 1. The second-order valence-electron chi connectivity index (χ2n) is 8.32. The van der Waals surface area contributed by atoms with Crippen LogP contribution in [0.3, 0.4) is 0 Å². The van der Waals surface area contributed by atoms with Gasteiger partial charge in [0.1, 0.15) is 0 Å². The zero-order chi connectivity index (χ0) is 20.1. The topological polar surface area (TPSA) is 113 Å². The predicted octanol–water partition coefficient (Wildman–Crippen LogP) is 0.880. The first-order valence-electron chi connectivity index (χ1n) is 9.56. The van der Waals surface area contributed by atoms with Gasteiger partial charge >= 0.3 is 6.03 Å². The summed E-state index contributed by atoms with van der Waals surface area (Å²) in [5.41, 5.74) is 0.298. The summed E-state index contributed by atoms with van der Waals surface area (Å²) in [4.78, 5) is 36.5. The molecular weight excluding hydrogens is 382 g/mol. The van der Waals surface area contributed by atoms with E-state index in [1.54, 1.807) is 23.5 Å². The zero-order valence-electron chi connectivity index (χ0n) is 16.0. The van der Waals surface area contributed by atoms with Crippen LogP contribution in [0.25, 0.3) is 0 Å². The van der Waals surface area contributed by atoms with Gasteiger partial charge in [0.05, 0.1) is 29.6 Å². The highest BCUT2D eigenvalue weighted by atomic mass is 32.2. The van der Waals surface area contributed by atoms with Crippen molar-refractivity contribution in [3.05, 3.63) is 24.3 Å². The predicted molar refractivity (Wildman–Crippen MR) is 100 cm³/mol. The third kappa shape index (κ3) is 3.50. The van der Waals surface area contributed by atoms with E-state index in [1.807, 2.05) is 6.92 Å². The molecule has 3 unspecified atom stereocenters. The van der Waals surface area contributed by atoms with Gasteiger partial charge in [-0.1, -0.05) is 0 Å². The number of carbonyl (C=O) groups is 2. The zero-order valence-corrected chi connectivity index (χ0v) is 16.9. The second-order valence-corrected chi connectivity index (χ2v) is 10.3. The van der Waals surface area contributed by atoms with Crippen molar-refractivity contribution in [3.8, 4) is 0 Å². The fraction of sp³-hybridized carbons (Fsp3) is 0.667. The minimum absolute atomic E-state index is 0.226. The minimum Gasteiger partial charge on any atom is -0.315 e. The van der Waals surface area contributed by atoms with Gasteiger partial charge in [-0.25, -0.2) is 17.9 Å². The normalized spacial score (nSPS) is 29.6. The van der Waals surface area contributed by atoms with Crippen molar-refractivity contribution < 1.29 is 18.0 Å². The summed E-state index contributed by atoms with van der Waals surface area (Å²) in [6.45, 7) is 2.15.